The summed E-state index contributed by atoms with van der Waals surface area (Å²) in [4.78, 5) is 30.5. The number of piperidine rings is 1. The number of carbonyl (C=O) groups is 1. The maximum atomic E-state index is 13.0. The Morgan fingerprint density at radius 3 is 2.55 bits per heavy atom. The number of benzene rings is 1. The first-order chi connectivity index (χ1) is 18.1. The number of anilines is 2. The predicted octanol–water partition coefficient (Wildman–Crippen LogP) is 3.36. The Bertz CT molecular complexity index is 1300. The number of rotatable bonds is 7. The van der Waals surface area contributed by atoms with E-state index in [4.69, 9.17) is 0 Å². The third kappa shape index (κ3) is 4.84. The molecular weight excluding hydrogens is 498 g/mol. The molecule has 38 heavy (non-hydrogen) atoms. The lowest BCUT2D eigenvalue weighted by Crippen LogP contribution is -2.49. The van der Waals surface area contributed by atoms with Crippen LogP contribution in [0.25, 0.3) is 0 Å². The number of halogens is 2. The minimum atomic E-state index is -3.03. The lowest BCUT2D eigenvalue weighted by atomic mass is 9.90. The van der Waals surface area contributed by atoms with Gasteiger partial charge in [0.25, 0.3) is 5.84 Å². The molecule has 1 aromatic heterocycles. The summed E-state index contributed by atoms with van der Waals surface area (Å²) >= 11 is 0. The van der Waals surface area contributed by atoms with E-state index < -0.39 is 18.2 Å². The van der Waals surface area contributed by atoms with E-state index >= 15 is 0 Å². The number of allylic oxidation sites excluding steroid dienone is 1. The molecule has 1 unspecified atom stereocenters. The number of ether oxygens (including phenoxy) is 1. The number of aromatic nitrogens is 2. The van der Waals surface area contributed by atoms with Gasteiger partial charge in [0.15, 0.2) is 5.60 Å². The van der Waals surface area contributed by atoms with Crippen LogP contribution in [0.2, 0.25) is 0 Å². The standard InChI is InChI=1S/C26H28F2N6O4/c1-16-22(26(2,37)19-5-3-4-6-20(19)38-24(27)28)34-15-33(12-9-21(34)31-16)18-13-29-25(30-14-18)32-10-7-17(8-11-32)23(35)36/h3-6,9,12-14,17,24,37H,7-8,10-11,15H2,1-2H3,(H,35,36)/q+1. The zero-order valence-electron chi connectivity index (χ0n) is 21.0. The fourth-order valence-electron chi connectivity index (χ4n) is 5.15. The molecule has 0 saturated carbocycles. The molecule has 3 aliphatic rings. The highest BCUT2D eigenvalue weighted by Gasteiger charge is 2.50. The summed E-state index contributed by atoms with van der Waals surface area (Å²) in [6.07, 6.45) is 8.11. The molecule has 10 nitrogen and oxygen atoms in total. The van der Waals surface area contributed by atoms with Crippen molar-refractivity contribution in [3.05, 3.63) is 65.9 Å². The van der Waals surface area contributed by atoms with Gasteiger partial charge >= 0.3 is 12.6 Å². The number of aliphatic hydroxyl groups is 1. The number of carboxylic acid groups (broad SMARTS) is 1. The number of nitrogens with zero attached hydrogens (tertiary/aromatic N) is 6. The number of aliphatic imine (C=N–C) groups is 1. The summed E-state index contributed by atoms with van der Waals surface area (Å²) in [7, 11) is 0. The molecule has 199 valence electrons. The summed E-state index contributed by atoms with van der Waals surface area (Å²) in [6, 6.07) is 6.17. The SMILES string of the molecule is CC1=C(C(C)(O)c2ccccc2OC(F)F)[N+]2CN(c3cnc(N4CCC(C(=O)O)CC4)nc3)C=CC2=N1. The monoisotopic (exact) mass is 526 g/mol. The first-order valence-electron chi connectivity index (χ1n) is 12.2. The molecule has 2 N–H and O–H groups in total. The molecule has 1 aromatic carbocycles. The fraction of sp³-hybridized carbons (Fsp3) is 0.385. The minimum Gasteiger partial charge on any atom is -0.481 e. The van der Waals surface area contributed by atoms with E-state index in [1.54, 1.807) is 43.6 Å². The molecule has 12 heteroatoms. The number of hydrogen-bond acceptors (Lipinski definition) is 9. The summed E-state index contributed by atoms with van der Waals surface area (Å²) in [5, 5.41) is 20.9. The maximum Gasteiger partial charge on any atom is 0.387 e. The van der Waals surface area contributed by atoms with Gasteiger partial charge in [-0.3, -0.25) is 9.69 Å². The van der Waals surface area contributed by atoms with Crippen molar-refractivity contribution in [2.45, 2.75) is 38.9 Å². The van der Waals surface area contributed by atoms with Crippen LogP contribution in [0.3, 0.4) is 0 Å². The van der Waals surface area contributed by atoms with Gasteiger partial charge in [-0.1, -0.05) is 23.1 Å². The van der Waals surface area contributed by atoms with Gasteiger partial charge in [0.1, 0.15) is 11.4 Å². The summed E-state index contributed by atoms with van der Waals surface area (Å²) in [5.74, 6) is -0.0633. The van der Waals surface area contributed by atoms with Gasteiger partial charge in [-0.2, -0.15) is 13.8 Å². The first kappa shape index (κ1) is 25.7. The maximum absolute atomic E-state index is 13.0. The van der Waals surface area contributed by atoms with E-state index in [1.807, 2.05) is 20.9 Å². The fourth-order valence-corrected chi connectivity index (χ4v) is 5.15. The molecule has 2 aromatic rings. The second-order valence-corrected chi connectivity index (χ2v) is 9.55. The number of hydrogen-bond donors (Lipinski definition) is 2. The Labute approximate surface area is 218 Å². The second kappa shape index (κ2) is 10.1. The molecule has 1 atom stereocenters. The highest BCUT2D eigenvalue weighted by atomic mass is 19.3. The van der Waals surface area contributed by atoms with Crippen LogP contribution in [0.4, 0.5) is 20.4 Å². The van der Waals surface area contributed by atoms with E-state index in [-0.39, 0.29) is 23.9 Å². The molecule has 4 heterocycles. The van der Waals surface area contributed by atoms with E-state index in [0.717, 1.165) is 0 Å². The Kier molecular flexibility index (Phi) is 6.84. The van der Waals surface area contributed by atoms with Gasteiger partial charge in [-0.05, 0) is 32.8 Å². The van der Waals surface area contributed by atoms with Gasteiger partial charge in [0.05, 0.1) is 24.0 Å². The Morgan fingerprint density at radius 2 is 1.89 bits per heavy atom. The van der Waals surface area contributed by atoms with Gasteiger partial charge in [-0.15, -0.1) is 0 Å². The van der Waals surface area contributed by atoms with Gasteiger partial charge in [-0.25, -0.2) is 9.97 Å². The number of carboxylic acids is 1. The number of aliphatic carboxylic acids is 1. The average molecular weight is 527 g/mol. The van der Waals surface area contributed by atoms with Gasteiger partial charge in [0.2, 0.25) is 18.3 Å². The third-order valence-corrected chi connectivity index (χ3v) is 7.04. The number of para-hydroxylation sites is 1. The van der Waals surface area contributed by atoms with E-state index in [9.17, 15) is 23.8 Å². The van der Waals surface area contributed by atoms with Crippen LogP contribution in [-0.4, -0.2) is 58.4 Å². The van der Waals surface area contributed by atoms with E-state index in [0.29, 0.717) is 54.8 Å². The number of alkyl halides is 2. The van der Waals surface area contributed by atoms with Crippen LogP contribution in [0.5, 0.6) is 5.75 Å². The topological polar surface area (TPSA) is 117 Å². The third-order valence-electron chi connectivity index (χ3n) is 7.04. The van der Waals surface area contributed by atoms with Crippen molar-refractivity contribution in [1.29, 1.82) is 0 Å². The van der Waals surface area contributed by atoms with Crippen LogP contribution in [0, 0.1) is 5.92 Å². The Balaban J connectivity index is 1.34. The largest absolute Gasteiger partial charge is 0.481 e. The summed E-state index contributed by atoms with van der Waals surface area (Å²) in [6.45, 7) is 1.70. The average Bonchev–Trinajstić information content (AvgIpc) is 3.24. The quantitative estimate of drug-likeness (QED) is 0.528. The number of fused-ring (bicyclic) bond motifs is 1. The molecule has 1 fully saturated rings. The molecule has 1 radical (unpaired) electrons. The Hall–Kier alpha value is -3.90. The van der Waals surface area contributed by atoms with E-state index in [2.05, 4.69) is 19.7 Å². The lowest BCUT2D eigenvalue weighted by molar-refractivity contribution is -0.142. The minimum absolute atomic E-state index is 0.109. The summed E-state index contributed by atoms with van der Waals surface area (Å²) in [5.41, 5.74) is 0.229. The van der Waals surface area contributed by atoms with Crippen LogP contribution < -0.4 is 19.4 Å². The Morgan fingerprint density at radius 1 is 1.21 bits per heavy atom. The van der Waals surface area contributed by atoms with Crippen molar-refractivity contribution in [2.24, 2.45) is 10.9 Å². The normalized spacial score (nSPS) is 20.0. The zero-order chi connectivity index (χ0) is 27.0. The summed E-state index contributed by atoms with van der Waals surface area (Å²) < 4.78 is 30.8. The van der Waals surface area contributed by atoms with Crippen molar-refractivity contribution in [1.82, 2.24) is 14.9 Å². The lowest BCUT2D eigenvalue weighted by Gasteiger charge is -2.31. The van der Waals surface area contributed by atoms with Crippen molar-refractivity contribution in [3.63, 3.8) is 0 Å². The predicted molar refractivity (Wildman–Crippen MR) is 136 cm³/mol. The molecule has 0 amide bonds. The zero-order valence-corrected chi connectivity index (χ0v) is 21.0. The molecule has 5 rings (SSSR count). The molecule has 0 spiro atoms. The second-order valence-electron chi connectivity index (χ2n) is 9.55. The van der Waals surface area contributed by atoms with E-state index in [1.165, 1.54) is 13.0 Å². The van der Waals surface area contributed by atoms with Gasteiger partial charge < -0.3 is 19.8 Å². The number of amidine groups is 1. The van der Waals surface area contributed by atoms with Crippen molar-refractivity contribution >= 4 is 23.4 Å². The van der Waals surface area contributed by atoms with Gasteiger partial charge in [0, 0.05) is 30.9 Å². The van der Waals surface area contributed by atoms with Crippen molar-refractivity contribution < 1.29 is 28.5 Å². The smallest absolute Gasteiger partial charge is 0.387 e. The van der Waals surface area contributed by atoms with Crippen molar-refractivity contribution in [2.75, 3.05) is 29.6 Å². The molecular formula is C26H28F2N6O4+. The van der Waals surface area contributed by atoms with Crippen molar-refractivity contribution in [3.8, 4) is 5.75 Å². The molecule has 0 aliphatic carbocycles. The van der Waals surface area contributed by atoms with Crippen LogP contribution in [0.1, 0.15) is 32.3 Å². The first-order valence-corrected chi connectivity index (χ1v) is 12.2. The molecule has 1 saturated heterocycles. The van der Waals surface area contributed by atoms with Crippen LogP contribution in [0.15, 0.2) is 65.3 Å². The van der Waals surface area contributed by atoms with Crippen LogP contribution in [-0.2, 0) is 10.4 Å². The van der Waals surface area contributed by atoms with Crippen LogP contribution >= 0.6 is 0 Å². The molecule has 3 aliphatic heterocycles. The molecule has 0 bridgehead atoms. The highest BCUT2D eigenvalue weighted by molar-refractivity contribution is 6.00. The highest BCUT2D eigenvalue weighted by Crippen LogP contribution is 2.41.